The lowest BCUT2D eigenvalue weighted by atomic mass is 10.1. The van der Waals surface area contributed by atoms with Crippen LogP contribution in [0.5, 0.6) is 0 Å². The Morgan fingerprint density at radius 3 is 2.41 bits per heavy atom. The summed E-state index contributed by atoms with van der Waals surface area (Å²) in [7, 11) is 0. The summed E-state index contributed by atoms with van der Waals surface area (Å²) < 4.78 is 0. The topological polar surface area (TPSA) is 80.5 Å². The van der Waals surface area contributed by atoms with E-state index in [0.717, 1.165) is 27.7 Å². The largest absolute Gasteiger partial charge is 0.346 e. The normalized spacial score (nSPS) is 12.4. The number of hydrogen-bond donors (Lipinski definition) is 2. The van der Waals surface area contributed by atoms with Gasteiger partial charge >= 0.3 is 0 Å². The summed E-state index contributed by atoms with van der Waals surface area (Å²) in [5, 5.41) is 2.33. The van der Waals surface area contributed by atoms with Crippen LogP contribution in [-0.4, -0.2) is 19.9 Å². The van der Waals surface area contributed by atoms with Crippen LogP contribution in [0.1, 0.15) is 28.6 Å². The molecule has 1 atom stereocenters. The van der Waals surface area contributed by atoms with Gasteiger partial charge in [-0.3, -0.25) is 0 Å². The zero-order chi connectivity index (χ0) is 18.8. The van der Waals surface area contributed by atoms with E-state index in [1.54, 1.807) is 6.20 Å². The van der Waals surface area contributed by atoms with E-state index in [1.165, 1.54) is 0 Å². The molecule has 3 N–H and O–H groups in total. The lowest BCUT2D eigenvalue weighted by molar-refractivity contribution is 0.665. The molecule has 0 radical (unpaired) electrons. The molecule has 1 aromatic carbocycles. The average molecular weight is 398 g/mol. The number of aromatic amines is 1. The molecule has 0 spiro atoms. The Bertz CT molecular complexity index is 1060. The summed E-state index contributed by atoms with van der Waals surface area (Å²) in [4.78, 5) is 16.4. The first-order chi connectivity index (χ1) is 13.1. The van der Waals surface area contributed by atoms with Gasteiger partial charge in [-0.05, 0) is 41.3 Å². The molecule has 7 heteroatoms. The summed E-state index contributed by atoms with van der Waals surface area (Å²) in [5.74, 6) is 0.623. The number of nitrogens with one attached hydrogen (secondary N) is 1. The highest BCUT2D eigenvalue weighted by atomic mass is 35.5. The minimum absolute atomic E-state index is 0.267. The van der Waals surface area contributed by atoms with Crippen LogP contribution in [-0.2, 0) is 12.8 Å². The second kappa shape index (κ2) is 7.64. The molecule has 4 aromatic rings. The molecule has 0 aliphatic carbocycles. The van der Waals surface area contributed by atoms with Gasteiger partial charge in [0.1, 0.15) is 11.5 Å². The molecular weight excluding hydrogens is 381 g/mol. The third-order valence-electron chi connectivity index (χ3n) is 4.40. The van der Waals surface area contributed by atoms with Gasteiger partial charge in [-0.25, -0.2) is 15.0 Å². The molecule has 1 unspecified atom stereocenters. The minimum Gasteiger partial charge on any atom is -0.346 e. The highest BCUT2D eigenvalue weighted by molar-refractivity contribution is 6.31. The third-order valence-corrected chi connectivity index (χ3v) is 4.86. The Balaban J connectivity index is 1.48. The first-order valence-corrected chi connectivity index (χ1v) is 9.26. The van der Waals surface area contributed by atoms with Crippen molar-refractivity contribution >= 4 is 34.2 Å². The van der Waals surface area contributed by atoms with E-state index in [4.69, 9.17) is 28.9 Å². The lowest BCUT2D eigenvalue weighted by Gasteiger charge is -2.11. The van der Waals surface area contributed by atoms with E-state index in [9.17, 15) is 0 Å². The Hall–Kier alpha value is -2.47. The smallest absolute Gasteiger partial charge is 0.145 e. The van der Waals surface area contributed by atoms with Gasteiger partial charge in [-0.15, -0.1) is 0 Å². The maximum atomic E-state index is 6.26. The van der Waals surface area contributed by atoms with E-state index in [0.29, 0.717) is 28.7 Å². The number of nitrogens with zero attached hydrogens (tertiary/aromatic N) is 3. The number of fused-ring (bicyclic) bond motifs is 1. The van der Waals surface area contributed by atoms with Gasteiger partial charge in [0.15, 0.2) is 0 Å². The van der Waals surface area contributed by atoms with Crippen molar-refractivity contribution in [3.63, 3.8) is 0 Å². The molecule has 0 saturated heterocycles. The Morgan fingerprint density at radius 1 is 0.926 bits per heavy atom. The highest BCUT2D eigenvalue weighted by Gasteiger charge is 2.12. The van der Waals surface area contributed by atoms with Crippen molar-refractivity contribution in [3.05, 3.63) is 87.7 Å². The molecule has 4 rings (SSSR count). The van der Waals surface area contributed by atoms with Gasteiger partial charge in [-0.1, -0.05) is 35.3 Å². The number of pyridine rings is 1. The highest BCUT2D eigenvalue weighted by Crippen LogP contribution is 2.22. The zero-order valence-electron chi connectivity index (χ0n) is 14.4. The average Bonchev–Trinajstić information content (AvgIpc) is 3.06. The standard InChI is InChI=1S/C20H17Cl2N5/c21-15-3-1-12(2-4-15)6-18(23)20-24-8-13(9-25-20)5-14-10-26-19-17(14)7-16(22)11-27-19/h1-4,7-11,18H,5-6,23H2,(H,26,27). The number of rotatable bonds is 5. The van der Waals surface area contributed by atoms with Crippen LogP contribution in [0.4, 0.5) is 0 Å². The van der Waals surface area contributed by atoms with E-state index >= 15 is 0 Å². The van der Waals surface area contributed by atoms with Crippen molar-refractivity contribution in [2.75, 3.05) is 0 Å². The summed E-state index contributed by atoms with van der Waals surface area (Å²) in [6.45, 7) is 0. The van der Waals surface area contributed by atoms with Gasteiger partial charge in [-0.2, -0.15) is 0 Å². The van der Waals surface area contributed by atoms with Gasteiger partial charge in [0, 0.05) is 41.6 Å². The molecule has 0 aliphatic rings. The quantitative estimate of drug-likeness (QED) is 0.519. The predicted molar refractivity (Wildman–Crippen MR) is 108 cm³/mol. The second-order valence-electron chi connectivity index (χ2n) is 6.43. The molecule has 0 bridgehead atoms. The van der Waals surface area contributed by atoms with Crippen LogP contribution in [0, 0.1) is 0 Å². The van der Waals surface area contributed by atoms with Crippen LogP contribution in [0.15, 0.2) is 55.1 Å². The van der Waals surface area contributed by atoms with Gasteiger partial charge in [0.25, 0.3) is 0 Å². The van der Waals surface area contributed by atoms with Crippen LogP contribution in [0.3, 0.4) is 0 Å². The number of nitrogens with two attached hydrogens (primary N) is 1. The molecule has 0 saturated carbocycles. The summed E-state index contributed by atoms with van der Waals surface area (Å²) in [6.07, 6.45) is 8.55. The van der Waals surface area contributed by atoms with Gasteiger partial charge in [0.2, 0.25) is 0 Å². The van der Waals surface area contributed by atoms with Crippen LogP contribution in [0.25, 0.3) is 11.0 Å². The summed E-state index contributed by atoms with van der Waals surface area (Å²) in [5.41, 5.74) is 10.3. The number of H-pyrrole nitrogens is 1. The maximum absolute atomic E-state index is 6.26. The number of hydrogen-bond acceptors (Lipinski definition) is 4. The van der Waals surface area contributed by atoms with E-state index < -0.39 is 0 Å². The molecular formula is C20H17Cl2N5. The Morgan fingerprint density at radius 2 is 1.67 bits per heavy atom. The summed E-state index contributed by atoms with van der Waals surface area (Å²) in [6, 6.07) is 9.29. The fourth-order valence-electron chi connectivity index (χ4n) is 3.01. The van der Waals surface area contributed by atoms with E-state index in [1.807, 2.05) is 48.9 Å². The number of halogens is 2. The number of aromatic nitrogens is 4. The molecule has 5 nitrogen and oxygen atoms in total. The predicted octanol–water partition coefficient (Wildman–Crippen LogP) is 4.49. The maximum Gasteiger partial charge on any atom is 0.145 e. The van der Waals surface area contributed by atoms with E-state index in [-0.39, 0.29) is 6.04 Å². The second-order valence-corrected chi connectivity index (χ2v) is 7.30. The molecule has 136 valence electrons. The first kappa shape index (κ1) is 17.9. The van der Waals surface area contributed by atoms with E-state index in [2.05, 4.69) is 19.9 Å². The molecule has 3 heterocycles. The number of benzene rings is 1. The van der Waals surface area contributed by atoms with Gasteiger partial charge in [0.05, 0.1) is 11.1 Å². The molecule has 0 fully saturated rings. The zero-order valence-corrected chi connectivity index (χ0v) is 15.9. The Kier molecular flexibility index (Phi) is 5.07. The fraction of sp³-hybridized carbons (Fsp3) is 0.150. The third kappa shape index (κ3) is 4.11. The minimum atomic E-state index is -0.267. The van der Waals surface area contributed by atoms with Crippen LogP contribution >= 0.6 is 23.2 Å². The van der Waals surface area contributed by atoms with Crippen LogP contribution in [0.2, 0.25) is 10.0 Å². The molecule has 27 heavy (non-hydrogen) atoms. The molecule has 3 aromatic heterocycles. The molecule has 0 aliphatic heterocycles. The SMILES string of the molecule is NC(Cc1ccc(Cl)cc1)c1ncc(Cc2c[nH]c3ncc(Cl)cc23)cn1. The van der Waals surface area contributed by atoms with Crippen molar-refractivity contribution in [2.45, 2.75) is 18.9 Å². The van der Waals surface area contributed by atoms with Crippen molar-refractivity contribution in [3.8, 4) is 0 Å². The van der Waals surface area contributed by atoms with Crippen molar-refractivity contribution < 1.29 is 0 Å². The molecule has 0 amide bonds. The Labute approximate surface area is 166 Å². The fourth-order valence-corrected chi connectivity index (χ4v) is 3.30. The van der Waals surface area contributed by atoms with Crippen molar-refractivity contribution in [2.24, 2.45) is 5.73 Å². The van der Waals surface area contributed by atoms with Crippen molar-refractivity contribution in [1.29, 1.82) is 0 Å². The summed E-state index contributed by atoms with van der Waals surface area (Å²) >= 11 is 12.0. The monoisotopic (exact) mass is 397 g/mol. The van der Waals surface area contributed by atoms with Crippen LogP contribution < -0.4 is 5.73 Å². The lowest BCUT2D eigenvalue weighted by Crippen LogP contribution is -2.16. The van der Waals surface area contributed by atoms with Gasteiger partial charge < -0.3 is 10.7 Å². The van der Waals surface area contributed by atoms with Crippen molar-refractivity contribution in [1.82, 2.24) is 19.9 Å². The first-order valence-electron chi connectivity index (χ1n) is 8.51.